The monoisotopic (exact) mass is 321 g/mol. The van der Waals surface area contributed by atoms with E-state index in [0.29, 0.717) is 26.9 Å². The number of hydrogen-bond donors (Lipinski definition) is 0. The van der Waals surface area contributed by atoms with Gasteiger partial charge in [0.2, 0.25) is 0 Å². The molecule has 0 N–H and O–H groups in total. The van der Waals surface area contributed by atoms with Gasteiger partial charge in [0.25, 0.3) is 0 Å². The van der Waals surface area contributed by atoms with E-state index in [9.17, 15) is 4.79 Å². The maximum Gasteiger partial charge on any atom is 0.365 e. The van der Waals surface area contributed by atoms with E-state index in [0.717, 1.165) is 5.56 Å². The Kier molecular flexibility index (Phi) is 4.99. The van der Waals surface area contributed by atoms with Crippen LogP contribution in [0.5, 0.6) is 0 Å². The highest BCUT2D eigenvalue weighted by Gasteiger charge is 2.11. The van der Waals surface area contributed by atoms with Crippen molar-refractivity contribution in [1.82, 2.24) is 0 Å². The van der Waals surface area contributed by atoms with Crippen molar-refractivity contribution in [3.8, 4) is 0 Å². The van der Waals surface area contributed by atoms with Gasteiger partial charge in [-0.2, -0.15) is 0 Å². The van der Waals surface area contributed by atoms with E-state index >= 15 is 0 Å². The van der Waals surface area contributed by atoms with Crippen molar-refractivity contribution in [2.24, 2.45) is 5.16 Å². The quantitative estimate of drug-likeness (QED) is 0.459. The van der Waals surface area contributed by atoms with Crippen LogP contribution in [0.25, 0.3) is 0 Å². The highest BCUT2D eigenvalue weighted by molar-refractivity contribution is 6.37. The molecule has 0 heterocycles. The summed E-state index contributed by atoms with van der Waals surface area (Å²) in [5.74, 6) is -0.502. The highest BCUT2D eigenvalue weighted by atomic mass is 35.5. The summed E-state index contributed by atoms with van der Waals surface area (Å²) in [6.45, 7) is 3.55. The van der Waals surface area contributed by atoms with Crippen LogP contribution in [0.3, 0.4) is 0 Å². The van der Waals surface area contributed by atoms with Crippen molar-refractivity contribution in [2.45, 2.75) is 13.8 Å². The standard InChI is InChI=1S/C16H13Cl2NO2/c1-10-5-3-4-6-13(10)16(20)21-19-11(2)14-8-7-12(17)9-15(14)18/h3-9H,1-2H3/b19-11+. The second-order valence-corrected chi connectivity index (χ2v) is 5.34. The Morgan fingerprint density at radius 3 is 2.48 bits per heavy atom. The number of aryl methyl sites for hydroxylation is 1. The highest BCUT2D eigenvalue weighted by Crippen LogP contribution is 2.21. The number of halogens is 2. The Morgan fingerprint density at radius 2 is 1.81 bits per heavy atom. The zero-order chi connectivity index (χ0) is 15.4. The molecule has 0 bridgehead atoms. The number of oxime groups is 1. The fourth-order valence-electron chi connectivity index (χ4n) is 1.79. The largest absolute Gasteiger partial charge is 0.365 e. The molecule has 0 radical (unpaired) electrons. The average Bonchev–Trinajstić information content (AvgIpc) is 2.45. The first kappa shape index (κ1) is 15.5. The molecular weight excluding hydrogens is 309 g/mol. The lowest BCUT2D eigenvalue weighted by molar-refractivity contribution is 0.0515. The molecule has 0 unspecified atom stereocenters. The molecule has 2 aromatic rings. The smallest absolute Gasteiger partial charge is 0.313 e. The normalized spacial score (nSPS) is 11.3. The summed E-state index contributed by atoms with van der Waals surface area (Å²) in [6.07, 6.45) is 0. The summed E-state index contributed by atoms with van der Waals surface area (Å²) >= 11 is 11.9. The predicted octanol–water partition coefficient (Wildman–Crippen LogP) is 4.88. The third-order valence-corrected chi connectivity index (χ3v) is 3.50. The third kappa shape index (κ3) is 3.84. The van der Waals surface area contributed by atoms with Gasteiger partial charge in [0, 0.05) is 10.6 Å². The topological polar surface area (TPSA) is 38.7 Å². The van der Waals surface area contributed by atoms with Gasteiger partial charge in [0.15, 0.2) is 0 Å². The lowest BCUT2D eigenvalue weighted by atomic mass is 10.1. The number of nitrogens with zero attached hydrogens (tertiary/aromatic N) is 1. The Morgan fingerprint density at radius 1 is 1.10 bits per heavy atom. The SMILES string of the molecule is C/C(=N\OC(=O)c1ccccc1C)c1ccc(Cl)cc1Cl. The van der Waals surface area contributed by atoms with E-state index in [2.05, 4.69) is 5.16 Å². The van der Waals surface area contributed by atoms with E-state index in [4.69, 9.17) is 28.0 Å². The molecule has 0 aliphatic rings. The van der Waals surface area contributed by atoms with Crippen molar-refractivity contribution in [1.29, 1.82) is 0 Å². The van der Waals surface area contributed by atoms with Gasteiger partial charge >= 0.3 is 5.97 Å². The summed E-state index contributed by atoms with van der Waals surface area (Å²) in [6, 6.07) is 12.2. The van der Waals surface area contributed by atoms with Crippen molar-refractivity contribution < 1.29 is 9.63 Å². The summed E-state index contributed by atoms with van der Waals surface area (Å²) in [4.78, 5) is 16.9. The summed E-state index contributed by atoms with van der Waals surface area (Å²) < 4.78 is 0. The molecule has 2 rings (SSSR count). The second-order valence-electron chi connectivity index (χ2n) is 4.49. The number of carbonyl (C=O) groups excluding carboxylic acids is 1. The maximum atomic E-state index is 12.0. The van der Waals surface area contributed by atoms with Crippen molar-refractivity contribution in [3.05, 3.63) is 69.2 Å². The van der Waals surface area contributed by atoms with Crippen LogP contribution in [0.2, 0.25) is 10.0 Å². The van der Waals surface area contributed by atoms with Gasteiger partial charge in [-0.1, -0.05) is 52.6 Å². The van der Waals surface area contributed by atoms with Gasteiger partial charge in [-0.15, -0.1) is 0 Å². The molecule has 0 saturated carbocycles. The van der Waals surface area contributed by atoms with Gasteiger partial charge in [-0.3, -0.25) is 0 Å². The van der Waals surface area contributed by atoms with Gasteiger partial charge in [-0.25, -0.2) is 4.79 Å². The lowest BCUT2D eigenvalue weighted by Crippen LogP contribution is -2.05. The van der Waals surface area contributed by atoms with Crippen LogP contribution in [0.4, 0.5) is 0 Å². The van der Waals surface area contributed by atoms with Crippen LogP contribution >= 0.6 is 23.2 Å². The molecule has 0 atom stereocenters. The van der Waals surface area contributed by atoms with E-state index in [-0.39, 0.29) is 0 Å². The van der Waals surface area contributed by atoms with Crippen molar-refractivity contribution in [3.63, 3.8) is 0 Å². The fourth-order valence-corrected chi connectivity index (χ4v) is 2.34. The molecule has 0 saturated heterocycles. The first-order chi connectivity index (χ1) is 9.99. The lowest BCUT2D eigenvalue weighted by Gasteiger charge is -2.05. The van der Waals surface area contributed by atoms with Crippen LogP contribution in [-0.4, -0.2) is 11.7 Å². The average molecular weight is 322 g/mol. The molecule has 0 aliphatic carbocycles. The van der Waals surface area contributed by atoms with E-state index in [1.54, 1.807) is 37.3 Å². The maximum absolute atomic E-state index is 12.0. The van der Waals surface area contributed by atoms with Crippen molar-refractivity contribution >= 4 is 34.9 Å². The zero-order valence-corrected chi connectivity index (χ0v) is 13.1. The molecular formula is C16H13Cl2NO2. The molecule has 0 amide bonds. The first-order valence-corrected chi connectivity index (χ1v) is 7.01. The molecule has 5 heteroatoms. The molecule has 0 fully saturated rings. The van der Waals surface area contributed by atoms with E-state index in [1.165, 1.54) is 0 Å². The third-order valence-electron chi connectivity index (χ3n) is 2.95. The van der Waals surface area contributed by atoms with Gasteiger partial charge in [0.1, 0.15) is 0 Å². The minimum absolute atomic E-state index is 0.454. The number of carbonyl (C=O) groups is 1. The van der Waals surface area contributed by atoms with Crippen LogP contribution in [0.15, 0.2) is 47.6 Å². The fraction of sp³-hybridized carbons (Fsp3) is 0.125. The molecule has 108 valence electrons. The zero-order valence-electron chi connectivity index (χ0n) is 11.6. The minimum atomic E-state index is -0.502. The molecule has 2 aromatic carbocycles. The molecule has 0 aromatic heterocycles. The summed E-state index contributed by atoms with van der Waals surface area (Å²) in [7, 11) is 0. The first-order valence-electron chi connectivity index (χ1n) is 6.26. The van der Waals surface area contributed by atoms with E-state index in [1.807, 2.05) is 19.1 Å². The molecule has 0 spiro atoms. The second kappa shape index (κ2) is 6.74. The Balaban J connectivity index is 2.17. The number of rotatable bonds is 3. The van der Waals surface area contributed by atoms with Gasteiger partial charge < -0.3 is 4.84 Å². The minimum Gasteiger partial charge on any atom is -0.313 e. The van der Waals surface area contributed by atoms with Gasteiger partial charge in [0.05, 0.1) is 16.3 Å². The van der Waals surface area contributed by atoms with E-state index < -0.39 is 5.97 Å². The Labute approximate surface area is 133 Å². The number of hydrogen-bond acceptors (Lipinski definition) is 3. The Hall–Kier alpha value is -1.84. The molecule has 21 heavy (non-hydrogen) atoms. The van der Waals surface area contributed by atoms with Gasteiger partial charge in [-0.05, 0) is 37.6 Å². The molecule has 0 aliphatic heterocycles. The predicted molar refractivity (Wildman–Crippen MR) is 85.3 cm³/mol. The number of benzene rings is 2. The van der Waals surface area contributed by atoms with Crippen molar-refractivity contribution in [2.75, 3.05) is 0 Å². The van der Waals surface area contributed by atoms with Crippen LogP contribution in [-0.2, 0) is 4.84 Å². The van der Waals surface area contributed by atoms with Crippen LogP contribution in [0.1, 0.15) is 28.4 Å². The Bertz CT molecular complexity index is 711. The summed E-state index contributed by atoms with van der Waals surface area (Å²) in [5.41, 5.74) is 2.48. The summed E-state index contributed by atoms with van der Waals surface area (Å²) in [5, 5.41) is 4.83. The van der Waals surface area contributed by atoms with Crippen LogP contribution < -0.4 is 0 Å². The molecule has 3 nitrogen and oxygen atoms in total. The van der Waals surface area contributed by atoms with Crippen LogP contribution in [0, 0.1) is 6.92 Å².